The molecule has 0 aromatic heterocycles. The van der Waals surface area contributed by atoms with Crippen LogP contribution < -0.4 is 9.47 Å². The highest BCUT2D eigenvalue weighted by Gasteiger charge is 2.26. The van der Waals surface area contributed by atoms with Gasteiger partial charge >= 0.3 is 0 Å². The smallest absolute Gasteiger partial charge is 0.261 e. The van der Waals surface area contributed by atoms with E-state index < -0.39 is 0 Å². The van der Waals surface area contributed by atoms with E-state index in [2.05, 4.69) is 0 Å². The Kier molecular flexibility index (Phi) is 8.73. The fourth-order valence-corrected chi connectivity index (χ4v) is 2.92. The molecule has 0 unspecified atom stereocenters. The van der Waals surface area contributed by atoms with Crippen LogP contribution in [0, 0.1) is 0 Å². The minimum Gasteiger partial charge on any atom is -0.502 e. The number of carbonyl (C=O) groups excluding carboxylic acids is 2. The standard InChI is InChI=1S/C16H16O6.C8H10O3/c1-19-11-5-9(6-12(20-2)15(11)17)10-7-13(21-3)16(18)14(8-10)22-4;1-10-6-4-3-5-7(11-2)8(6)9/h5-8H,1-4H3;3-5,9H,1-2H3. The summed E-state index contributed by atoms with van der Waals surface area (Å²) < 4.78 is 30.0. The first-order valence-electron chi connectivity index (χ1n) is 9.61. The van der Waals surface area contributed by atoms with Crippen molar-refractivity contribution in [3.8, 4) is 17.2 Å². The van der Waals surface area contributed by atoms with Crippen LogP contribution in [0.25, 0.3) is 0 Å². The number of benzene rings is 1. The molecule has 0 atom stereocenters. The van der Waals surface area contributed by atoms with Crippen molar-refractivity contribution in [2.24, 2.45) is 0 Å². The van der Waals surface area contributed by atoms with Crippen LogP contribution in [-0.4, -0.2) is 59.3 Å². The molecule has 0 radical (unpaired) electrons. The molecule has 9 heteroatoms. The van der Waals surface area contributed by atoms with Crippen LogP contribution in [0.3, 0.4) is 0 Å². The molecule has 1 aromatic rings. The predicted molar refractivity (Wildman–Crippen MR) is 119 cm³/mol. The van der Waals surface area contributed by atoms with Crippen molar-refractivity contribution in [1.82, 2.24) is 0 Å². The maximum absolute atomic E-state index is 12.0. The zero-order valence-electron chi connectivity index (χ0n) is 19.3. The number of hydrogen-bond acceptors (Lipinski definition) is 9. The molecule has 1 N–H and O–H groups in total. The second-order valence-corrected chi connectivity index (χ2v) is 6.43. The first-order chi connectivity index (χ1) is 15.8. The number of ether oxygens (including phenoxy) is 6. The lowest BCUT2D eigenvalue weighted by molar-refractivity contribution is -0.118. The Morgan fingerprint density at radius 1 is 0.545 bits per heavy atom. The Balaban J connectivity index is 0.000000294. The van der Waals surface area contributed by atoms with E-state index in [9.17, 15) is 14.7 Å². The number of allylic oxidation sites excluding steroid dienone is 6. The van der Waals surface area contributed by atoms with Gasteiger partial charge in [-0.25, -0.2) is 0 Å². The second kappa shape index (κ2) is 11.5. The average Bonchev–Trinajstić information content (AvgIpc) is 2.85. The zero-order chi connectivity index (χ0) is 24.5. The van der Waals surface area contributed by atoms with E-state index in [0.29, 0.717) is 22.6 Å². The van der Waals surface area contributed by atoms with Gasteiger partial charge in [0.05, 0.1) is 42.7 Å². The van der Waals surface area contributed by atoms with Gasteiger partial charge < -0.3 is 33.5 Å². The average molecular weight is 458 g/mol. The lowest BCUT2D eigenvalue weighted by Crippen LogP contribution is -2.16. The molecule has 0 fully saturated rings. The molecule has 0 saturated heterocycles. The quantitative estimate of drug-likeness (QED) is 0.688. The van der Waals surface area contributed by atoms with Crippen LogP contribution in [0.15, 0.2) is 76.7 Å². The third-order valence-corrected chi connectivity index (χ3v) is 4.66. The molecule has 0 heterocycles. The molecule has 2 aliphatic rings. The van der Waals surface area contributed by atoms with Crippen LogP contribution in [0.1, 0.15) is 0 Å². The van der Waals surface area contributed by atoms with E-state index in [-0.39, 0.29) is 40.4 Å². The van der Waals surface area contributed by atoms with Gasteiger partial charge in [-0.05, 0) is 47.6 Å². The minimum absolute atomic E-state index is 0.0394. The van der Waals surface area contributed by atoms with Crippen molar-refractivity contribution < 1.29 is 43.1 Å². The molecule has 0 amide bonds. The van der Waals surface area contributed by atoms with Crippen molar-refractivity contribution in [3.63, 3.8) is 0 Å². The Morgan fingerprint density at radius 3 is 1.09 bits per heavy atom. The highest BCUT2D eigenvalue weighted by molar-refractivity contribution is 6.09. The van der Waals surface area contributed by atoms with Crippen molar-refractivity contribution in [3.05, 3.63) is 76.7 Å². The van der Waals surface area contributed by atoms with Gasteiger partial charge in [-0.1, -0.05) is 6.07 Å². The number of ketones is 2. The van der Waals surface area contributed by atoms with Crippen molar-refractivity contribution in [2.45, 2.75) is 0 Å². The Bertz CT molecular complexity index is 939. The summed E-state index contributed by atoms with van der Waals surface area (Å²) in [5.74, 6) is 0.807. The number of phenolic OH excluding ortho intramolecular Hbond substituents is 1. The van der Waals surface area contributed by atoms with Gasteiger partial charge in [-0.2, -0.15) is 0 Å². The van der Waals surface area contributed by atoms with Gasteiger partial charge in [0.15, 0.2) is 34.5 Å². The lowest BCUT2D eigenvalue weighted by atomic mass is 9.95. The Labute approximate surface area is 191 Å². The lowest BCUT2D eigenvalue weighted by Gasteiger charge is -2.18. The Morgan fingerprint density at radius 2 is 0.848 bits per heavy atom. The van der Waals surface area contributed by atoms with E-state index in [4.69, 9.17) is 28.4 Å². The SMILES string of the molecule is COC1=CC(=C2C=C(OC)C(=O)C(OC)=C2)C=C(OC)C1=O.COc1cccc(OC)c1O. The van der Waals surface area contributed by atoms with Crippen LogP contribution in [0.4, 0.5) is 0 Å². The van der Waals surface area contributed by atoms with Gasteiger partial charge in [0, 0.05) is 0 Å². The maximum atomic E-state index is 12.0. The first kappa shape index (κ1) is 25.1. The highest BCUT2D eigenvalue weighted by Crippen LogP contribution is 2.34. The number of hydrogen-bond donors (Lipinski definition) is 1. The summed E-state index contributed by atoms with van der Waals surface area (Å²) in [6, 6.07) is 5.08. The van der Waals surface area contributed by atoms with E-state index in [1.165, 1.54) is 42.7 Å². The summed E-state index contributed by atoms with van der Waals surface area (Å²) in [7, 11) is 8.61. The molecule has 1 aromatic carbocycles. The summed E-state index contributed by atoms with van der Waals surface area (Å²) >= 11 is 0. The molecule has 0 spiro atoms. The molecule has 0 saturated carbocycles. The molecule has 0 aliphatic heterocycles. The summed E-state index contributed by atoms with van der Waals surface area (Å²) in [4.78, 5) is 23.9. The number of methoxy groups -OCH3 is 6. The van der Waals surface area contributed by atoms with Gasteiger partial charge in [-0.3, -0.25) is 9.59 Å². The molecular weight excluding hydrogens is 432 g/mol. The van der Waals surface area contributed by atoms with E-state index in [1.807, 2.05) is 0 Å². The number of aromatic hydroxyl groups is 1. The molecule has 9 nitrogen and oxygen atoms in total. The van der Waals surface area contributed by atoms with Gasteiger partial charge in [0.25, 0.3) is 11.6 Å². The van der Waals surface area contributed by atoms with Crippen LogP contribution >= 0.6 is 0 Å². The van der Waals surface area contributed by atoms with Gasteiger partial charge in [-0.15, -0.1) is 0 Å². The van der Waals surface area contributed by atoms with Crippen LogP contribution in [0.5, 0.6) is 17.2 Å². The molecule has 2 aliphatic carbocycles. The number of Topliss-reactive ketones (excluding diaryl/α,β-unsaturated/α-hetero) is 2. The van der Waals surface area contributed by atoms with E-state index >= 15 is 0 Å². The normalized spacial score (nSPS) is 15.2. The highest BCUT2D eigenvalue weighted by atomic mass is 16.5. The molecule has 176 valence electrons. The summed E-state index contributed by atoms with van der Waals surface area (Å²) in [6.07, 6.45) is 6.29. The zero-order valence-corrected chi connectivity index (χ0v) is 19.3. The number of para-hydroxylation sites is 1. The topological polar surface area (TPSA) is 110 Å². The fraction of sp³-hybridized carbons (Fsp3) is 0.250. The molecule has 33 heavy (non-hydrogen) atoms. The predicted octanol–water partition coefficient (Wildman–Crippen LogP) is 2.98. The number of carbonyl (C=O) groups is 2. The van der Waals surface area contributed by atoms with Crippen LogP contribution in [-0.2, 0) is 28.5 Å². The monoisotopic (exact) mass is 458 g/mol. The second-order valence-electron chi connectivity index (χ2n) is 6.43. The van der Waals surface area contributed by atoms with E-state index in [0.717, 1.165) is 0 Å². The summed E-state index contributed by atoms with van der Waals surface area (Å²) in [6.45, 7) is 0. The third-order valence-electron chi connectivity index (χ3n) is 4.66. The summed E-state index contributed by atoms with van der Waals surface area (Å²) in [5.41, 5.74) is 1.29. The Hall–Kier alpha value is -4.14. The first-order valence-corrected chi connectivity index (χ1v) is 9.61. The van der Waals surface area contributed by atoms with Crippen LogP contribution in [0.2, 0.25) is 0 Å². The number of rotatable bonds is 6. The molecular formula is C24H26O9. The van der Waals surface area contributed by atoms with Crippen molar-refractivity contribution in [1.29, 1.82) is 0 Å². The molecule has 0 bridgehead atoms. The van der Waals surface area contributed by atoms with Gasteiger partial charge in [0.2, 0.25) is 5.75 Å². The number of phenols is 1. The fourth-order valence-electron chi connectivity index (χ4n) is 2.92. The van der Waals surface area contributed by atoms with Gasteiger partial charge in [0.1, 0.15) is 0 Å². The van der Waals surface area contributed by atoms with E-state index in [1.54, 1.807) is 42.5 Å². The third kappa shape index (κ3) is 5.57. The van der Waals surface area contributed by atoms with Crippen molar-refractivity contribution >= 4 is 11.6 Å². The minimum atomic E-state index is -0.340. The molecule has 3 rings (SSSR count). The largest absolute Gasteiger partial charge is 0.502 e. The van der Waals surface area contributed by atoms with Crippen molar-refractivity contribution in [2.75, 3.05) is 42.7 Å². The summed E-state index contributed by atoms with van der Waals surface area (Å²) in [5, 5.41) is 9.34. The maximum Gasteiger partial charge on any atom is 0.261 e.